The van der Waals surface area contributed by atoms with Crippen molar-refractivity contribution in [2.75, 3.05) is 13.2 Å². The second kappa shape index (κ2) is 6.50. The lowest BCUT2D eigenvalue weighted by Gasteiger charge is -2.20. The largest absolute Gasteiger partial charge is 0.488 e. The summed E-state index contributed by atoms with van der Waals surface area (Å²) in [6.45, 7) is 7.07. The fraction of sp³-hybridized carbons (Fsp3) is 0.471. The van der Waals surface area contributed by atoms with E-state index >= 15 is 0 Å². The predicted octanol–water partition coefficient (Wildman–Crippen LogP) is 0.640. The molecular formula is C17H25N2O3+. The number of hydrogen-bond acceptors (Lipinski definition) is 3. The van der Waals surface area contributed by atoms with Crippen LogP contribution in [-0.2, 0) is 7.05 Å². The zero-order valence-corrected chi connectivity index (χ0v) is 13.7. The highest BCUT2D eigenvalue weighted by Crippen LogP contribution is 2.22. The van der Waals surface area contributed by atoms with E-state index in [1.165, 1.54) is 4.57 Å². The summed E-state index contributed by atoms with van der Waals surface area (Å²) in [4.78, 5) is 12.1. The van der Waals surface area contributed by atoms with E-state index < -0.39 is 6.10 Å². The third-order valence-electron chi connectivity index (χ3n) is 3.49. The van der Waals surface area contributed by atoms with E-state index in [0.717, 1.165) is 5.39 Å². The molecular weight excluding hydrogens is 280 g/mol. The zero-order valence-electron chi connectivity index (χ0n) is 13.7. The molecule has 0 bridgehead atoms. The second-order valence-corrected chi connectivity index (χ2v) is 6.73. The summed E-state index contributed by atoms with van der Waals surface area (Å²) in [6.07, 6.45) is 1.11. The number of aryl methyl sites for hydroxylation is 1. The first-order chi connectivity index (χ1) is 10.3. The fourth-order valence-corrected chi connectivity index (χ4v) is 2.24. The number of fused-ring (bicyclic) bond motifs is 1. The van der Waals surface area contributed by atoms with Gasteiger partial charge >= 0.3 is 0 Å². The first-order valence-electron chi connectivity index (χ1n) is 7.51. The smallest absolute Gasteiger partial charge is 0.258 e. The number of hydrogen-bond donors (Lipinski definition) is 2. The van der Waals surface area contributed by atoms with Crippen LogP contribution in [0.15, 0.2) is 35.3 Å². The predicted molar refractivity (Wildman–Crippen MR) is 87.2 cm³/mol. The number of aromatic nitrogens is 1. The number of pyridine rings is 1. The van der Waals surface area contributed by atoms with Crippen molar-refractivity contribution in [2.45, 2.75) is 32.4 Å². The lowest BCUT2D eigenvalue weighted by atomic mass is 10.1. The van der Waals surface area contributed by atoms with Gasteiger partial charge in [0.05, 0.1) is 10.9 Å². The van der Waals surface area contributed by atoms with Gasteiger partial charge in [-0.1, -0.05) is 18.2 Å². The van der Waals surface area contributed by atoms with Crippen molar-refractivity contribution in [3.05, 3.63) is 40.8 Å². The van der Waals surface area contributed by atoms with Gasteiger partial charge in [-0.05, 0) is 26.8 Å². The third-order valence-corrected chi connectivity index (χ3v) is 3.49. The van der Waals surface area contributed by atoms with Crippen LogP contribution in [0.4, 0.5) is 0 Å². The van der Waals surface area contributed by atoms with Gasteiger partial charge < -0.3 is 19.7 Å². The summed E-state index contributed by atoms with van der Waals surface area (Å²) < 4.78 is 7.26. The van der Waals surface area contributed by atoms with Gasteiger partial charge in [-0.25, -0.2) is 0 Å². The molecule has 0 amide bonds. The Kier molecular flexibility index (Phi) is 4.88. The van der Waals surface area contributed by atoms with Crippen molar-refractivity contribution in [1.82, 2.24) is 4.57 Å². The molecule has 5 nitrogen and oxygen atoms in total. The van der Waals surface area contributed by atoms with Crippen LogP contribution >= 0.6 is 0 Å². The summed E-state index contributed by atoms with van der Waals surface area (Å²) in [5.74, 6) is 0.618. The average molecular weight is 305 g/mol. The fourth-order valence-electron chi connectivity index (χ4n) is 2.24. The zero-order chi connectivity index (χ0) is 16.3. The molecule has 2 aromatic rings. The normalized spacial score (nSPS) is 13.3. The SMILES string of the molecule is Cn1cc(OC[C@@H](O)C[NH2+]C(C)(C)C)c2ccccc2c1=O. The monoisotopic (exact) mass is 305 g/mol. The molecule has 2 rings (SSSR count). The van der Waals surface area contributed by atoms with E-state index in [1.807, 2.05) is 18.2 Å². The van der Waals surface area contributed by atoms with Gasteiger partial charge in [-0.3, -0.25) is 4.79 Å². The van der Waals surface area contributed by atoms with Crippen LogP contribution in [0.2, 0.25) is 0 Å². The molecule has 0 saturated heterocycles. The molecule has 5 heteroatoms. The van der Waals surface area contributed by atoms with Gasteiger partial charge in [0.15, 0.2) is 0 Å². The molecule has 120 valence electrons. The van der Waals surface area contributed by atoms with Crippen LogP contribution in [0.5, 0.6) is 5.75 Å². The average Bonchev–Trinajstić information content (AvgIpc) is 2.47. The van der Waals surface area contributed by atoms with Crippen LogP contribution < -0.4 is 15.6 Å². The standard InChI is InChI=1S/C17H24N2O3/c1-17(2,3)18-9-12(20)11-22-15-10-19(4)16(21)14-8-6-5-7-13(14)15/h5-8,10,12,18,20H,9,11H2,1-4H3/p+1/t12-/m0/s1. The number of nitrogens with zero attached hydrogens (tertiary/aromatic N) is 1. The van der Waals surface area contributed by atoms with E-state index in [4.69, 9.17) is 4.74 Å². The van der Waals surface area contributed by atoms with E-state index in [2.05, 4.69) is 26.1 Å². The van der Waals surface area contributed by atoms with Crippen molar-refractivity contribution in [3.63, 3.8) is 0 Å². The Hall–Kier alpha value is -1.85. The minimum absolute atomic E-state index is 0.0513. The van der Waals surface area contributed by atoms with E-state index in [1.54, 1.807) is 19.3 Å². The van der Waals surface area contributed by atoms with Gasteiger partial charge in [0.25, 0.3) is 5.56 Å². The highest BCUT2D eigenvalue weighted by Gasteiger charge is 2.17. The molecule has 1 heterocycles. The lowest BCUT2D eigenvalue weighted by Crippen LogP contribution is -2.96. The molecule has 22 heavy (non-hydrogen) atoms. The van der Waals surface area contributed by atoms with Crippen molar-refractivity contribution < 1.29 is 15.2 Å². The van der Waals surface area contributed by atoms with Crippen molar-refractivity contribution in [1.29, 1.82) is 0 Å². The minimum Gasteiger partial charge on any atom is -0.488 e. The van der Waals surface area contributed by atoms with E-state index in [0.29, 0.717) is 17.7 Å². The minimum atomic E-state index is -0.560. The molecule has 0 unspecified atom stereocenters. The van der Waals surface area contributed by atoms with Crippen LogP contribution in [0, 0.1) is 0 Å². The lowest BCUT2D eigenvalue weighted by molar-refractivity contribution is -0.722. The topological polar surface area (TPSA) is 68.1 Å². The number of aliphatic hydroxyl groups is 1. The Morgan fingerprint density at radius 1 is 1.27 bits per heavy atom. The first-order valence-corrected chi connectivity index (χ1v) is 7.51. The van der Waals surface area contributed by atoms with Crippen molar-refractivity contribution >= 4 is 10.8 Å². The molecule has 0 aliphatic carbocycles. The maximum Gasteiger partial charge on any atom is 0.258 e. The van der Waals surface area contributed by atoms with Crippen molar-refractivity contribution in [2.24, 2.45) is 7.05 Å². The Balaban J connectivity index is 2.12. The summed E-state index contributed by atoms with van der Waals surface area (Å²) in [6, 6.07) is 7.35. The molecule has 3 N–H and O–H groups in total. The molecule has 0 radical (unpaired) electrons. The Labute approximate surface area is 130 Å². The molecule has 0 spiro atoms. The van der Waals surface area contributed by atoms with E-state index in [9.17, 15) is 9.90 Å². The molecule has 0 fully saturated rings. The third kappa shape index (κ3) is 4.08. The van der Waals surface area contributed by atoms with Gasteiger partial charge in [-0.15, -0.1) is 0 Å². The Morgan fingerprint density at radius 2 is 1.91 bits per heavy atom. The molecule has 1 atom stereocenters. The number of aliphatic hydroxyl groups excluding tert-OH is 1. The summed E-state index contributed by atoms with van der Waals surface area (Å²) in [5, 5.41) is 13.5. The molecule has 1 aromatic heterocycles. The molecule has 0 saturated carbocycles. The maximum absolute atomic E-state index is 12.1. The number of benzene rings is 1. The molecule has 0 aliphatic rings. The molecule has 0 aliphatic heterocycles. The number of rotatable bonds is 5. The number of quaternary nitrogens is 1. The van der Waals surface area contributed by atoms with Gasteiger partial charge in [-0.2, -0.15) is 0 Å². The second-order valence-electron chi connectivity index (χ2n) is 6.73. The Bertz CT molecular complexity index is 701. The van der Waals surface area contributed by atoms with Gasteiger partial charge in [0.2, 0.25) is 0 Å². The van der Waals surface area contributed by atoms with Crippen LogP contribution in [0.1, 0.15) is 20.8 Å². The Morgan fingerprint density at radius 3 is 2.55 bits per heavy atom. The number of nitrogens with two attached hydrogens (primary N) is 1. The quantitative estimate of drug-likeness (QED) is 0.852. The van der Waals surface area contributed by atoms with E-state index in [-0.39, 0.29) is 17.7 Å². The molecule has 1 aromatic carbocycles. The van der Waals surface area contributed by atoms with Crippen LogP contribution in [0.3, 0.4) is 0 Å². The summed E-state index contributed by atoms with van der Waals surface area (Å²) in [5.41, 5.74) is 0.0224. The van der Waals surface area contributed by atoms with Crippen LogP contribution in [0.25, 0.3) is 10.8 Å². The number of ether oxygens (including phenoxy) is 1. The highest BCUT2D eigenvalue weighted by molar-refractivity contribution is 5.87. The first kappa shape index (κ1) is 16.5. The summed E-state index contributed by atoms with van der Waals surface area (Å²) >= 11 is 0. The van der Waals surface area contributed by atoms with Crippen molar-refractivity contribution in [3.8, 4) is 5.75 Å². The summed E-state index contributed by atoms with van der Waals surface area (Å²) in [7, 11) is 1.70. The van der Waals surface area contributed by atoms with Crippen LogP contribution in [-0.4, -0.2) is 34.5 Å². The van der Waals surface area contributed by atoms with Gasteiger partial charge in [0.1, 0.15) is 25.0 Å². The van der Waals surface area contributed by atoms with Gasteiger partial charge in [0, 0.05) is 18.6 Å². The maximum atomic E-state index is 12.1. The highest BCUT2D eigenvalue weighted by atomic mass is 16.5.